The molecule has 0 amide bonds. The summed E-state index contributed by atoms with van der Waals surface area (Å²) in [5.41, 5.74) is 0.495. The number of alkyl halides is 1. The van der Waals surface area contributed by atoms with Crippen LogP contribution in [0.3, 0.4) is 0 Å². The number of benzene rings is 1. The lowest BCUT2D eigenvalue weighted by Gasteiger charge is -2.11. The second kappa shape index (κ2) is 5.46. The van der Waals surface area contributed by atoms with Crippen molar-refractivity contribution in [3.05, 3.63) is 28.8 Å². The summed E-state index contributed by atoms with van der Waals surface area (Å²) < 4.78 is 25.4. The van der Waals surface area contributed by atoms with Gasteiger partial charge in [0.1, 0.15) is 4.90 Å². The summed E-state index contributed by atoms with van der Waals surface area (Å²) in [5.74, 6) is 0. The molecule has 0 aliphatic rings. The molecule has 2 N–H and O–H groups in total. The SMILES string of the molecule is CNS(=O)(=O)c1cc([C@@H](O)CBr)ccc1Cl. The summed E-state index contributed by atoms with van der Waals surface area (Å²) in [6, 6.07) is 4.40. The van der Waals surface area contributed by atoms with Crippen molar-refractivity contribution in [2.75, 3.05) is 12.4 Å². The van der Waals surface area contributed by atoms with Gasteiger partial charge in [-0.1, -0.05) is 33.6 Å². The van der Waals surface area contributed by atoms with Crippen LogP contribution < -0.4 is 4.72 Å². The van der Waals surface area contributed by atoms with Crippen LogP contribution in [0.15, 0.2) is 23.1 Å². The van der Waals surface area contributed by atoms with E-state index < -0.39 is 16.1 Å². The summed E-state index contributed by atoms with van der Waals surface area (Å²) >= 11 is 8.91. The molecule has 1 rings (SSSR count). The largest absolute Gasteiger partial charge is 0.388 e. The average molecular weight is 329 g/mol. The van der Waals surface area contributed by atoms with Crippen LogP contribution >= 0.6 is 27.5 Å². The fourth-order valence-corrected chi connectivity index (χ4v) is 2.76. The smallest absolute Gasteiger partial charge is 0.241 e. The van der Waals surface area contributed by atoms with Gasteiger partial charge < -0.3 is 5.11 Å². The number of nitrogens with one attached hydrogen (secondary N) is 1. The van der Waals surface area contributed by atoms with Gasteiger partial charge in [0.15, 0.2) is 0 Å². The van der Waals surface area contributed by atoms with Crippen molar-refractivity contribution in [2.45, 2.75) is 11.0 Å². The zero-order valence-corrected chi connectivity index (χ0v) is 11.6. The zero-order chi connectivity index (χ0) is 12.3. The Bertz CT molecular complexity index is 478. The Balaban J connectivity index is 3.30. The molecular weight excluding hydrogens is 318 g/mol. The Labute approximate surface area is 108 Å². The molecule has 7 heteroatoms. The van der Waals surface area contributed by atoms with E-state index in [1.54, 1.807) is 6.07 Å². The molecule has 90 valence electrons. The van der Waals surface area contributed by atoms with Gasteiger partial charge >= 0.3 is 0 Å². The number of hydrogen-bond donors (Lipinski definition) is 2. The van der Waals surface area contributed by atoms with E-state index in [1.165, 1.54) is 19.2 Å². The summed E-state index contributed by atoms with van der Waals surface area (Å²) in [4.78, 5) is -0.0332. The van der Waals surface area contributed by atoms with Crippen LogP contribution in [0.4, 0.5) is 0 Å². The molecular formula is C9H11BrClNO3S. The molecule has 0 saturated heterocycles. The van der Waals surface area contributed by atoms with E-state index in [0.29, 0.717) is 10.9 Å². The maximum Gasteiger partial charge on any atom is 0.241 e. The molecule has 1 aromatic carbocycles. The molecule has 1 aromatic rings. The van der Waals surface area contributed by atoms with Crippen LogP contribution in [-0.4, -0.2) is 25.9 Å². The number of aliphatic hydroxyl groups excluding tert-OH is 1. The fourth-order valence-electron chi connectivity index (χ4n) is 1.13. The summed E-state index contributed by atoms with van der Waals surface area (Å²) in [6.45, 7) is 0. The van der Waals surface area contributed by atoms with Gasteiger partial charge in [-0.3, -0.25) is 0 Å². The third-order valence-corrected chi connectivity index (χ3v) is 4.55. The first-order valence-corrected chi connectivity index (χ1v) is 7.37. The number of aliphatic hydroxyl groups is 1. The summed E-state index contributed by atoms with van der Waals surface area (Å²) in [6.07, 6.45) is -0.761. The van der Waals surface area contributed by atoms with Crippen molar-refractivity contribution in [3.8, 4) is 0 Å². The molecule has 16 heavy (non-hydrogen) atoms. The maximum absolute atomic E-state index is 11.6. The van der Waals surface area contributed by atoms with Gasteiger partial charge in [0.2, 0.25) is 10.0 Å². The van der Waals surface area contributed by atoms with Crippen LogP contribution in [0.25, 0.3) is 0 Å². The Morgan fingerprint density at radius 3 is 2.69 bits per heavy atom. The Hall–Kier alpha value is -0.140. The van der Waals surface area contributed by atoms with Crippen LogP contribution in [0.2, 0.25) is 5.02 Å². The molecule has 1 atom stereocenters. The van der Waals surface area contributed by atoms with Crippen molar-refractivity contribution < 1.29 is 13.5 Å². The standard InChI is InChI=1S/C9H11BrClNO3S/c1-12-16(14,15)9-4-6(8(13)5-10)2-3-7(9)11/h2-4,8,12-13H,5H2,1H3/t8-/m0/s1. The highest BCUT2D eigenvalue weighted by Gasteiger charge is 2.18. The Morgan fingerprint density at radius 1 is 1.56 bits per heavy atom. The molecule has 0 unspecified atom stereocenters. The molecule has 4 nitrogen and oxygen atoms in total. The number of halogens is 2. The third-order valence-electron chi connectivity index (χ3n) is 2.04. The van der Waals surface area contributed by atoms with Gasteiger partial charge in [-0.2, -0.15) is 0 Å². The van der Waals surface area contributed by atoms with E-state index in [4.69, 9.17) is 11.6 Å². The molecule has 0 aliphatic heterocycles. The second-order valence-corrected chi connectivity index (χ2v) is 5.98. The van der Waals surface area contributed by atoms with Crippen LogP contribution in [0.5, 0.6) is 0 Å². The van der Waals surface area contributed by atoms with Crippen molar-refractivity contribution in [1.29, 1.82) is 0 Å². The minimum atomic E-state index is -3.60. The van der Waals surface area contributed by atoms with Crippen molar-refractivity contribution in [1.82, 2.24) is 4.72 Å². The molecule has 0 spiro atoms. The number of hydrogen-bond acceptors (Lipinski definition) is 3. The first kappa shape index (κ1) is 13.9. The molecule has 0 bridgehead atoms. The van der Waals surface area contributed by atoms with Crippen molar-refractivity contribution in [3.63, 3.8) is 0 Å². The van der Waals surface area contributed by atoms with Crippen LogP contribution in [-0.2, 0) is 10.0 Å². The summed E-state index contributed by atoms with van der Waals surface area (Å²) in [5, 5.41) is 10.0. The number of sulfonamides is 1. The first-order valence-electron chi connectivity index (χ1n) is 4.39. The molecule has 0 saturated carbocycles. The monoisotopic (exact) mass is 327 g/mol. The van der Waals surface area contributed by atoms with Crippen LogP contribution in [0.1, 0.15) is 11.7 Å². The second-order valence-electron chi connectivity index (χ2n) is 3.07. The van der Waals surface area contributed by atoms with E-state index in [2.05, 4.69) is 20.7 Å². The molecule has 0 fully saturated rings. The first-order chi connectivity index (χ1) is 7.42. The lowest BCUT2D eigenvalue weighted by atomic mass is 10.1. The quantitative estimate of drug-likeness (QED) is 0.826. The van der Waals surface area contributed by atoms with Gasteiger partial charge in [-0.05, 0) is 24.7 Å². The lowest BCUT2D eigenvalue weighted by Crippen LogP contribution is -2.19. The van der Waals surface area contributed by atoms with E-state index >= 15 is 0 Å². The van der Waals surface area contributed by atoms with Crippen molar-refractivity contribution >= 4 is 37.6 Å². The predicted octanol–water partition coefficient (Wildman–Crippen LogP) is 1.68. The Morgan fingerprint density at radius 2 is 2.19 bits per heavy atom. The van der Waals surface area contributed by atoms with Gasteiger partial charge in [-0.15, -0.1) is 0 Å². The van der Waals surface area contributed by atoms with Gasteiger partial charge in [0.05, 0.1) is 11.1 Å². The van der Waals surface area contributed by atoms with Gasteiger partial charge in [0, 0.05) is 5.33 Å². The molecule has 0 aromatic heterocycles. The lowest BCUT2D eigenvalue weighted by molar-refractivity contribution is 0.205. The maximum atomic E-state index is 11.6. The third kappa shape index (κ3) is 2.95. The summed E-state index contributed by atoms with van der Waals surface area (Å²) in [7, 11) is -2.30. The average Bonchev–Trinajstić information content (AvgIpc) is 2.28. The highest BCUT2D eigenvalue weighted by molar-refractivity contribution is 9.09. The zero-order valence-electron chi connectivity index (χ0n) is 8.44. The number of rotatable bonds is 4. The highest BCUT2D eigenvalue weighted by atomic mass is 79.9. The van der Waals surface area contributed by atoms with E-state index in [9.17, 15) is 13.5 Å². The van der Waals surface area contributed by atoms with Gasteiger partial charge in [0.25, 0.3) is 0 Å². The topological polar surface area (TPSA) is 66.4 Å². The fraction of sp³-hybridized carbons (Fsp3) is 0.333. The van der Waals surface area contributed by atoms with Crippen LogP contribution in [0, 0.1) is 0 Å². The van der Waals surface area contributed by atoms with E-state index in [0.717, 1.165) is 0 Å². The minimum Gasteiger partial charge on any atom is -0.388 e. The normalized spacial score (nSPS) is 13.8. The molecule has 0 heterocycles. The molecule has 0 radical (unpaired) electrons. The minimum absolute atomic E-state index is 0.0332. The van der Waals surface area contributed by atoms with Gasteiger partial charge in [-0.25, -0.2) is 13.1 Å². The van der Waals surface area contributed by atoms with E-state index in [1.807, 2.05) is 0 Å². The molecule has 0 aliphatic carbocycles. The van der Waals surface area contributed by atoms with Crippen molar-refractivity contribution in [2.24, 2.45) is 0 Å². The Kier molecular flexibility index (Phi) is 4.75. The predicted molar refractivity (Wildman–Crippen MR) is 66.5 cm³/mol. The highest BCUT2D eigenvalue weighted by Crippen LogP contribution is 2.25. The van der Waals surface area contributed by atoms with E-state index in [-0.39, 0.29) is 9.92 Å².